The molecule has 2 aliphatic rings. The maximum absolute atomic E-state index is 12.5. The van der Waals surface area contributed by atoms with Crippen molar-refractivity contribution in [3.8, 4) is 0 Å². The molecule has 1 aromatic carbocycles. The molecule has 2 heterocycles. The molecular formula is C22H24Br2ClN3O2S. The van der Waals surface area contributed by atoms with Gasteiger partial charge in [-0.2, -0.15) is 0 Å². The van der Waals surface area contributed by atoms with Crippen molar-refractivity contribution in [1.82, 2.24) is 15.1 Å². The minimum atomic E-state index is -0.222. The lowest BCUT2D eigenvalue weighted by atomic mass is 10.1. The van der Waals surface area contributed by atoms with E-state index in [2.05, 4.69) is 53.0 Å². The molecule has 4 rings (SSSR count). The van der Waals surface area contributed by atoms with Gasteiger partial charge in [-0.1, -0.05) is 29.8 Å². The third-order valence-corrected chi connectivity index (χ3v) is 8.85. The van der Waals surface area contributed by atoms with Gasteiger partial charge in [0.05, 0.1) is 13.6 Å². The Bertz CT molecular complexity index is 976. The fourth-order valence-electron chi connectivity index (χ4n) is 4.24. The Hall–Kier alpha value is -0.770. The Morgan fingerprint density at radius 3 is 2.58 bits per heavy atom. The Morgan fingerprint density at radius 2 is 1.84 bits per heavy atom. The Morgan fingerprint density at radius 1 is 1.13 bits per heavy atom. The fraction of sp³-hybridized carbons (Fsp3) is 0.455. The Labute approximate surface area is 208 Å². The highest BCUT2D eigenvalue weighted by Gasteiger charge is 2.36. The van der Waals surface area contributed by atoms with Crippen molar-refractivity contribution in [2.24, 2.45) is 0 Å². The van der Waals surface area contributed by atoms with Crippen LogP contribution < -0.4 is 5.32 Å². The number of carbonyl (C=O) groups excluding carboxylic acids is 2. The number of fused-ring (bicyclic) bond motifs is 1. The number of Topliss-reactive ketones (excluding diaryl/α,β-unsaturated/α-hetero) is 1. The second-order valence-electron chi connectivity index (χ2n) is 8.00. The van der Waals surface area contributed by atoms with Crippen molar-refractivity contribution >= 4 is 66.5 Å². The van der Waals surface area contributed by atoms with Gasteiger partial charge >= 0.3 is 0 Å². The van der Waals surface area contributed by atoms with Crippen LogP contribution in [0, 0.1) is 0 Å². The number of piperazine rings is 1. The van der Waals surface area contributed by atoms with E-state index in [9.17, 15) is 9.59 Å². The van der Waals surface area contributed by atoms with E-state index in [1.165, 1.54) is 16.9 Å². The smallest absolute Gasteiger partial charge is 0.220 e. The molecule has 1 aliphatic carbocycles. The summed E-state index contributed by atoms with van der Waals surface area (Å²) >= 11 is 14.7. The number of thiophene rings is 1. The summed E-state index contributed by atoms with van der Waals surface area (Å²) in [6.45, 7) is 5.81. The van der Waals surface area contributed by atoms with Crippen molar-refractivity contribution in [3.05, 3.63) is 53.6 Å². The molecule has 5 nitrogen and oxygen atoms in total. The number of hydrogen-bond donors (Lipinski definition) is 1. The summed E-state index contributed by atoms with van der Waals surface area (Å²) in [7, 11) is 0. The molecule has 0 spiro atoms. The molecule has 31 heavy (non-hydrogen) atoms. The standard InChI is InChI=1S/C22H24Br2ClN3O2S/c23-21-19-16(12-17(29)20(19)22(24)31-21)26-18(30)6-3-7-27-8-10-28(11-9-27)13-14-4-1-2-5-15(14)25/h1-2,4-5,16H,3,6-13H2,(H,26,30). The van der Waals surface area contributed by atoms with E-state index >= 15 is 0 Å². The maximum atomic E-state index is 12.5. The lowest BCUT2D eigenvalue weighted by molar-refractivity contribution is -0.122. The number of nitrogens with zero attached hydrogens (tertiary/aromatic N) is 2. The third-order valence-electron chi connectivity index (χ3n) is 5.90. The largest absolute Gasteiger partial charge is 0.349 e. The average Bonchev–Trinajstić information content (AvgIpc) is 3.22. The molecule has 0 radical (unpaired) electrons. The van der Waals surface area contributed by atoms with Gasteiger partial charge in [-0.15, -0.1) is 11.3 Å². The van der Waals surface area contributed by atoms with E-state index in [0.717, 1.165) is 69.4 Å². The van der Waals surface area contributed by atoms with Crippen molar-refractivity contribution in [3.63, 3.8) is 0 Å². The van der Waals surface area contributed by atoms with Gasteiger partial charge in [0.2, 0.25) is 5.91 Å². The van der Waals surface area contributed by atoms with E-state index in [0.29, 0.717) is 12.8 Å². The summed E-state index contributed by atoms with van der Waals surface area (Å²) in [6.07, 6.45) is 1.63. The highest BCUT2D eigenvalue weighted by atomic mass is 79.9. The molecule has 2 aromatic rings. The fourth-order valence-corrected chi connectivity index (χ4v) is 7.81. The molecule has 9 heteroatoms. The van der Waals surface area contributed by atoms with Gasteiger partial charge in [0.1, 0.15) is 0 Å². The number of ketones is 1. The van der Waals surface area contributed by atoms with E-state index in [1.54, 1.807) is 0 Å². The summed E-state index contributed by atoms with van der Waals surface area (Å²) in [5.41, 5.74) is 2.81. The first-order chi connectivity index (χ1) is 14.9. The topological polar surface area (TPSA) is 52.7 Å². The molecule has 1 aromatic heterocycles. The Kier molecular flexibility index (Phi) is 7.88. The number of amides is 1. The molecule has 1 fully saturated rings. The van der Waals surface area contributed by atoms with Crippen LogP contribution in [0.15, 0.2) is 31.8 Å². The van der Waals surface area contributed by atoms with Gasteiger partial charge < -0.3 is 10.2 Å². The van der Waals surface area contributed by atoms with Crippen LogP contribution >= 0.6 is 54.8 Å². The van der Waals surface area contributed by atoms with E-state index in [1.807, 2.05) is 18.2 Å². The zero-order valence-electron chi connectivity index (χ0n) is 17.0. The zero-order chi connectivity index (χ0) is 22.0. The normalized spacial score (nSPS) is 19.6. The van der Waals surface area contributed by atoms with Crippen LogP contribution in [0.25, 0.3) is 0 Å². The first kappa shape index (κ1) is 23.4. The first-order valence-electron chi connectivity index (χ1n) is 10.4. The predicted molar refractivity (Wildman–Crippen MR) is 132 cm³/mol. The van der Waals surface area contributed by atoms with Crippen LogP contribution in [-0.4, -0.2) is 54.2 Å². The van der Waals surface area contributed by atoms with Gasteiger partial charge in [-0.05, 0) is 56.5 Å². The SMILES string of the molecule is O=C(CCCN1CCN(Cc2ccccc2Cl)CC1)NC1CC(=O)c2c(Br)sc(Br)c21. The van der Waals surface area contributed by atoms with Crippen molar-refractivity contribution in [1.29, 1.82) is 0 Å². The van der Waals surface area contributed by atoms with Crippen LogP contribution in [0.1, 0.15) is 46.8 Å². The highest BCUT2D eigenvalue weighted by Crippen LogP contribution is 2.46. The van der Waals surface area contributed by atoms with Crippen LogP contribution in [0.3, 0.4) is 0 Å². The Balaban J connectivity index is 1.18. The van der Waals surface area contributed by atoms with Crippen molar-refractivity contribution < 1.29 is 9.59 Å². The van der Waals surface area contributed by atoms with Crippen molar-refractivity contribution in [2.75, 3.05) is 32.7 Å². The van der Waals surface area contributed by atoms with E-state index < -0.39 is 0 Å². The van der Waals surface area contributed by atoms with Gasteiger partial charge in [0.15, 0.2) is 5.78 Å². The summed E-state index contributed by atoms with van der Waals surface area (Å²) in [6, 6.07) is 7.79. The van der Waals surface area contributed by atoms with E-state index in [4.69, 9.17) is 11.6 Å². The predicted octanol–water partition coefficient (Wildman–Crippen LogP) is 5.27. The number of rotatable bonds is 7. The zero-order valence-corrected chi connectivity index (χ0v) is 21.7. The van der Waals surface area contributed by atoms with Crippen LogP contribution in [0.4, 0.5) is 0 Å². The lowest BCUT2D eigenvalue weighted by Gasteiger charge is -2.34. The molecule has 1 amide bonds. The third kappa shape index (κ3) is 5.60. The van der Waals surface area contributed by atoms with Gasteiger partial charge in [-0.25, -0.2) is 0 Å². The van der Waals surface area contributed by atoms with Crippen molar-refractivity contribution in [2.45, 2.75) is 31.8 Å². The molecule has 1 unspecified atom stereocenters. The van der Waals surface area contributed by atoms with Gasteiger partial charge in [0.25, 0.3) is 0 Å². The molecule has 0 saturated carbocycles. The minimum Gasteiger partial charge on any atom is -0.349 e. The highest BCUT2D eigenvalue weighted by molar-refractivity contribution is 9.12. The van der Waals surface area contributed by atoms with Gasteiger partial charge in [0, 0.05) is 61.7 Å². The molecular weight excluding hydrogens is 566 g/mol. The van der Waals surface area contributed by atoms with Crippen LogP contribution in [-0.2, 0) is 11.3 Å². The molecule has 0 bridgehead atoms. The van der Waals surface area contributed by atoms with Gasteiger partial charge in [-0.3, -0.25) is 14.5 Å². The molecule has 1 N–H and O–H groups in total. The quantitative estimate of drug-likeness (QED) is 0.479. The second kappa shape index (κ2) is 10.4. The lowest BCUT2D eigenvalue weighted by Crippen LogP contribution is -2.46. The monoisotopic (exact) mass is 587 g/mol. The summed E-state index contributed by atoms with van der Waals surface area (Å²) in [5, 5.41) is 3.88. The number of benzene rings is 1. The molecule has 166 valence electrons. The first-order valence-corrected chi connectivity index (χ1v) is 13.2. The van der Waals surface area contributed by atoms with E-state index in [-0.39, 0.29) is 17.7 Å². The molecule has 1 saturated heterocycles. The second-order valence-corrected chi connectivity index (χ2v) is 12.1. The summed E-state index contributed by atoms with van der Waals surface area (Å²) in [4.78, 5) is 29.6. The average molecular weight is 590 g/mol. The number of halogens is 3. The minimum absolute atomic E-state index is 0.0113. The number of nitrogens with one attached hydrogen (secondary N) is 1. The molecule has 1 aliphatic heterocycles. The van der Waals surface area contributed by atoms with Crippen LogP contribution in [0.2, 0.25) is 5.02 Å². The number of carbonyl (C=O) groups is 2. The summed E-state index contributed by atoms with van der Waals surface area (Å²) < 4.78 is 1.75. The molecule has 1 atom stereocenters. The summed E-state index contributed by atoms with van der Waals surface area (Å²) in [5.74, 6) is 0.0982. The maximum Gasteiger partial charge on any atom is 0.220 e. The van der Waals surface area contributed by atoms with Crippen LogP contribution in [0.5, 0.6) is 0 Å². The number of hydrogen-bond acceptors (Lipinski definition) is 5.